The number of nitrogens with zero attached hydrogens (tertiary/aromatic N) is 4. The second kappa shape index (κ2) is 9.53. The van der Waals surface area contributed by atoms with Gasteiger partial charge >= 0.3 is 0 Å². The molecule has 2 aromatic carbocycles. The van der Waals surface area contributed by atoms with Crippen molar-refractivity contribution in [2.24, 2.45) is 0 Å². The third-order valence-electron chi connectivity index (χ3n) is 5.82. The normalized spacial score (nSPS) is 11.7. The molecule has 1 atom stereocenters. The van der Waals surface area contributed by atoms with Gasteiger partial charge in [-0.1, -0.05) is 48.5 Å². The van der Waals surface area contributed by atoms with E-state index < -0.39 is 0 Å². The number of hydrogen-bond donors (Lipinski definition) is 1. The number of aromatic nitrogens is 3. The van der Waals surface area contributed by atoms with E-state index in [0.29, 0.717) is 24.1 Å². The van der Waals surface area contributed by atoms with E-state index in [9.17, 15) is 10.1 Å². The quantitative estimate of drug-likeness (QED) is 0.469. The van der Waals surface area contributed by atoms with Crippen molar-refractivity contribution in [3.8, 4) is 11.8 Å². The maximum atomic E-state index is 13.1. The van der Waals surface area contributed by atoms with Crippen LogP contribution < -0.4 is 10.1 Å². The van der Waals surface area contributed by atoms with Crippen LogP contribution in [0, 0.1) is 25.2 Å². The Hall–Kier alpha value is -4.18. The van der Waals surface area contributed by atoms with Crippen molar-refractivity contribution < 1.29 is 9.53 Å². The van der Waals surface area contributed by atoms with Gasteiger partial charge in [0.05, 0.1) is 19.3 Å². The molecular weight excluding hydrogens is 414 g/mol. The van der Waals surface area contributed by atoms with Crippen LogP contribution in [0.1, 0.15) is 46.1 Å². The van der Waals surface area contributed by atoms with E-state index in [1.165, 1.54) is 6.20 Å². The van der Waals surface area contributed by atoms with Gasteiger partial charge in [0.15, 0.2) is 5.65 Å². The minimum atomic E-state index is -0.332. The number of hydrogen-bond acceptors (Lipinski definition) is 5. The summed E-state index contributed by atoms with van der Waals surface area (Å²) in [6.07, 6.45) is 2.32. The molecule has 2 heterocycles. The first kappa shape index (κ1) is 22.0. The molecule has 0 saturated heterocycles. The predicted molar refractivity (Wildman–Crippen MR) is 125 cm³/mol. The first-order valence-electron chi connectivity index (χ1n) is 10.7. The van der Waals surface area contributed by atoms with E-state index in [0.717, 1.165) is 33.8 Å². The molecule has 2 aromatic heterocycles. The zero-order valence-corrected chi connectivity index (χ0v) is 18.9. The molecule has 0 spiro atoms. The average molecular weight is 440 g/mol. The molecule has 1 unspecified atom stereocenters. The van der Waals surface area contributed by atoms with Gasteiger partial charge in [0.1, 0.15) is 17.4 Å². The van der Waals surface area contributed by atoms with Crippen LogP contribution in [0.2, 0.25) is 0 Å². The summed E-state index contributed by atoms with van der Waals surface area (Å²) in [5.41, 5.74) is 5.50. The Balaban J connectivity index is 1.57. The van der Waals surface area contributed by atoms with E-state index >= 15 is 0 Å². The highest BCUT2D eigenvalue weighted by Gasteiger charge is 2.21. The number of methoxy groups -OCH3 is 1. The standard InChI is InChI=1S/C26H25N5O2/c1-17-21(18(2)31-26(29-17)20(15-27)16-28-31)13-14-24(32)30-25(19-9-5-4-6-10-19)22-11-7-8-12-23(22)33-3/h4-12,16,25H,13-14H2,1-3H3,(H,30,32). The van der Waals surface area contributed by atoms with E-state index in [2.05, 4.69) is 21.5 Å². The van der Waals surface area contributed by atoms with Crippen molar-refractivity contribution in [1.82, 2.24) is 19.9 Å². The summed E-state index contributed by atoms with van der Waals surface area (Å²) in [5.74, 6) is 0.645. The Bertz CT molecular complexity index is 1340. The van der Waals surface area contributed by atoms with Crippen molar-refractivity contribution >= 4 is 11.6 Å². The van der Waals surface area contributed by atoms with Crippen LogP contribution >= 0.6 is 0 Å². The van der Waals surface area contributed by atoms with Crippen molar-refractivity contribution in [2.75, 3.05) is 7.11 Å². The molecule has 0 aliphatic rings. The summed E-state index contributed by atoms with van der Waals surface area (Å²) in [7, 11) is 1.63. The third kappa shape index (κ3) is 4.41. The van der Waals surface area contributed by atoms with E-state index in [-0.39, 0.29) is 11.9 Å². The van der Waals surface area contributed by atoms with Gasteiger partial charge in [-0.3, -0.25) is 4.79 Å². The van der Waals surface area contributed by atoms with Crippen molar-refractivity contribution in [3.63, 3.8) is 0 Å². The Kier molecular flexibility index (Phi) is 6.36. The Morgan fingerprint density at radius 1 is 1.15 bits per heavy atom. The monoisotopic (exact) mass is 439 g/mol. The lowest BCUT2D eigenvalue weighted by Gasteiger charge is -2.22. The van der Waals surface area contributed by atoms with Gasteiger partial charge in [0.2, 0.25) is 5.91 Å². The second-order valence-electron chi connectivity index (χ2n) is 7.82. The van der Waals surface area contributed by atoms with Gasteiger partial charge in [-0.05, 0) is 37.5 Å². The highest BCUT2D eigenvalue weighted by Crippen LogP contribution is 2.30. The molecule has 7 nitrogen and oxygen atoms in total. The molecule has 0 radical (unpaired) electrons. The highest BCUT2D eigenvalue weighted by atomic mass is 16.5. The maximum Gasteiger partial charge on any atom is 0.221 e. The topological polar surface area (TPSA) is 92.3 Å². The molecule has 7 heteroatoms. The smallest absolute Gasteiger partial charge is 0.221 e. The summed E-state index contributed by atoms with van der Waals surface area (Å²) >= 11 is 0. The number of nitriles is 1. The Labute approximate surface area is 192 Å². The van der Waals surface area contributed by atoms with Crippen LogP contribution in [0.5, 0.6) is 5.75 Å². The fraction of sp³-hybridized carbons (Fsp3) is 0.231. The minimum absolute atomic E-state index is 0.0770. The SMILES string of the molecule is COc1ccccc1C(NC(=O)CCc1c(C)nc2c(C#N)cnn2c1C)c1ccccc1. The lowest BCUT2D eigenvalue weighted by atomic mass is 9.97. The van der Waals surface area contributed by atoms with Crippen molar-refractivity contribution in [3.05, 3.63) is 94.4 Å². The summed E-state index contributed by atoms with van der Waals surface area (Å²) in [5, 5.41) is 16.7. The number of rotatable bonds is 7. The first-order valence-corrected chi connectivity index (χ1v) is 10.7. The van der Waals surface area contributed by atoms with Crippen LogP contribution in [0.25, 0.3) is 5.65 Å². The number of ether oxygens (including phenoxy) is 1. The van der Waals surface area contributed by atoms with Crippen LogP contribution in [-0.2, 0) is 11.2 Å². The van der Waals surface area contributed by atoms with Crippen LogP contribution in [0.3, 0.4) is 0 Å². The average Bonchev–Trinajstić information content (AvgIpc) is 3.26. The molecule has 0 saturated carbocycles. The molecule has 33 heavy (non-hydrogen) atoms. The Morgan fingerprint density at radius 2 is 1.88 bits per heavy atom. The number of fused-ring (bicyclic) bond motifs is 1. The third-order valence-corrected chi connectivity index (χ3v) is 5.82. The molecule has 0 fully saturated rings. The molecule has 1 N–H and O–H groups in total. The molecular formula is C26H25N5O2. The zero-order valence-electron chi connectivity index (χ0n) is 18.9. The number of amides is 1. The lowest BCUT2D eigenvalue weighted by Crippen LogP contribution is -2.30. The highest BCUT2D eigenvalue weighted by molar-refractivity contribution is 5.77. The van der Waals surface area contributed by atoms with Crippen molar-refractivity contribution in [2.45, 2.75) is 32.7 Å². The van der Waals surface area contributed by atoms with Crippen LogP contribution in [0.4, 0.5) is 0 Å². The van der Waals surface area contributed by atoms with E-state index in [1.807, 2.05) is 68.4 Å². The van der Waals surface area contributed by atoms with Gasteiger partial charge < -0.3 is 10.1 Å². The molecule has 0 aliphatic heterocycles. The van der Waals surface area contributed by atoms with Crippen molar-refractivity contribution in [1.29, 1.82) is 5.26 Å². The number of carbonyl (C=O) groups is 1. The van der Waals surface area contributed by atoms with Gasteiger partial charge in [-0.15, -0.1) is 0 Å². The fourth-order valence-electron chi connectivity index (χ4n) is 4.11. The van der Waals surface area contributed by atoms with Gasteiger partial charge in [0.25, 0.3) is 0 Å². The summed E-state index contributed by atoms with van der Waals surface area (Å²) in [4.78, 5) is 17.6. The van der Waals surface area contributed by atoms with Crippen LogP contribution in [0.15, 0.2) is 60.8 Å². The number of carbonyl (C=O) groups excluding carboxylic acids is 1. The number of para-hydroxylation sites is 1. The summed E-state index contributed by atoms with van der Waals surface area (Å²) in [6, 6.07) is 19.3. The molecule has 0 aliphatic carbocycles. The second-order valence-corrected chi connectivity index (χ2v) is 7.82. The first-order chi connectivity index (χ1) is 16.0. The number of benzene rings is 2. The van der Waals surface area contributed by atoms with E-state index in [4.69, 9.17) is 4.74 Å². The minimum Gasteiger partial charge on any atom is -0.496 e. The zero-order chi connectivity index (χ0) is 23.4. The number of nitrogens with one attached hydrogen (secondary N) is 1. The summed E-state index contributed by atoms with van der Waals surface area (Å²) < 4.78 is 7.22. The molecule has 166 valence electrons. The largest absolute Gasteiger partial charge is 0.496 e. The van der Waals surface area contributed by atoms with E-state index in [1.54, 1.807) is 11.6 Å². The predicted octanol–water partition coefficient (Wildman–Crippen LogP) is 4.06. The lowest BCUT2D eigenvalue weighted by molar-refractivity contribution is -0.121. The molecule has 1 amide bonds. The maximum absolute atomic E-state index is 13.1. The van der Waals surface area contributed by atoms with Gasteiger partial charge in [-0.25, -0.2) is 9.50 Å². The molecule has 0 bridgehead atoms. The van der Waals surface area contributed by atoms with Crippen LogP contribution in [-0.4, -0.2) is 27.6 Å². The molecule has 4 rings (SSSR count). The Morgan fingerprint density at radius 3 is 2.61 bits per heavy atom. The van der Waals surface area contributed by atoms with Gasteiger partial charge in [-0.2, -0.15) is 10.4 Å². The summed E-state index contributed by atoms with van der Waals surface area (Å²) in [6.45, 7) is 3.83. The van der Waals surface area contributed by atoms with Gasteiger partial charge in [0, 0.05) is 23.4 Å². The fourth-order valence-corrected chi connectivity index (χ4v) is 4.11. The number of aryl methyl sites for hydroxylation is 2. The molecule has 4 aromatic rings.